The molecule has 1 aromatic heterocycles. The molecule has 2 heterocycles. The highest BCUT2D eigenvalue weighted by Crippen LogP contribution is 2.28. The van der Waals surface area contributed by atoms with Crippen LogP contribution in [0.15, 0.2) is 35.2 Å². The number of nitrogens with one attached hydrogen (secondary N) is 1. The quantitative estimate of drug-likeness (QED) is 0.719. The van der Waals surface area contributed by atoms with Gasteiger partial charge in [-0.3, -0.25) is 9.59 Å². The third-order valence-electron chi connectivity index (χ3n) is 4.47. The molecule has 2 amide bonds. The number of hydrogen-bond donors (Lipinski definition) is 1. The molecule has 156 valence electrons. The van der Waals surface area contributed by atoms with Crippen molar-refractivity contribution in [2.75, 3.05) is 32.7 Å². The minimum Gasteiger partial charge on any atom is -0.342 e. The van der Waals surface area contributed by atoms with Gasteiger partial charge in [-0.1, -0.05) is 23.2 Å². The number of carbonyl (C=O) groups is 2. The van der Waals surface area contributed by atoms with Gasteiger partial charge in [-0.15, -0.1) is 11.3 Å². The summed E-state index contributed by atoms with van der Waals surface area (Å²) in [5.41, 5.74) is 0. The minimum atomic E-state index is -3.81. The molecular formula is C18H19Cl2N3O4S2. The fourth-order valence-electron chi connectivity index (χ4n) is 2.90. The van der Waals surface area contributed by atoms with Crippen molar-refractivity contribution < 1.29 is 18.0 Å². The fraction of sp³-hybridized carbons (Fsp3) is 0.333. The molecule has 1 aliphatic rings. The van der Waals surface area contributed by atoms with Crippen molar-refractivity contribution >= 4 is 56.4 Å². The summed E-state index contributed by atoms with van der Waals surface area (Å²) in [5, 5.41) is 2.98. The van der Waals surface area contributed by atoms with E-state index in [-0.39, 0.29) is 59.5 Å². The molecule has 1 fully saturated rings. The first-order valence-electron chi connectivity index (χ1n) is 8.76. The van der Waals surface area contributed by atoms with E-state index in [1.807, 2.05) is 13.0 Å². The Morgan fingerprint density at radius 2 is 1.79 bits per heavy atom. The van der Waals surface area contributed by atoms with Crippen LogP contribution in [0.25, 0.3) is 0 Å². The van der Waals surface area contributed by atoms with Crippen LogP contribution in [0.1, 0.15) is 14.5 Å². The summed E-state index contributed by atoms with van der Waals surface area (Å²) in [6, 6.07) is 7.83. The van der Waals surface area contributed by atoms with Crippen molar-refractivity contribution in [3.63, 3.8) is 0 Å². The highest BCUT2D eigenvalue weighted by atomic mass is 35.5. The van der Waals surface area contributed by atoms with E-state index in [0.717, 1.165) is 4.88 Å². The lowest BCUT2D eigenvalue weighted by atomic mass is 10.3. The van der Waals surface area contributed by atoms with Crippen LogP contribution in [0.4, 0.5) is 0 Å². The van der Waals surface area contributed by atoms with E-state index in [9.17, 15) is 18.0 Å². The molecule has 0 aliphatic carbocycles. The molecule has 11 heteroatoms. The maximum Gasteiger partial charge on any atom is 0.261 e. The number of carbonyl (C=O) groups excluding carboxylic acids is 2. The second-order valence-corrected chi connectivity index (χ2v) is 10.5. The molecule has 1 aliphatic heterocycles. The highest BCUT2D eigenvalue weighted by molar-refractivity contribution is 7.89. The Kier molecular flexibility index (Phi) is 6.85. The van der Waals surface area contributed by atoms with Crippen LogP contribution in [0.5, 0.6) is 0 Å². The van der Waals surface area contributed by atoms with Gasteiger partial charge in [-0.05, 0) is 37.3 Å². The van der Waals surface area contributed by atoms with Crippen LogP contribution in [-0.2, 0) is 14.8 Å². The van der Waals surface area contributed by atoms with Gasteiger partial charge in [-0.2, -0.15) is 4.31 Å². The molecule has 2 aromatic rings. The van der Waals surface area contributed by atoms with Crippen molar-refractivity contribution in [2.24, 2.45) is 0 Å². The number of benzene rings is 1. The molecule has 0 unspecified atom stereocenters. The van der Waals surface area contributed by atoms with Crippen LogP contribution >= 0.6 is 34.5 Å². The summed E-state index contributed by atoms with van der Waals surface area (Å²) >= 11 is 13.3. The topological polar surface area (TPSA) is 86.8 Å². The molecule has 1 aromatic carbocycles. The molecule has 0 atom stereocenters. The SMILES string of the molecule is Cc1ccc(C(=O)NCC(=O)N2CCN(S(=O)(=O)c3cc(Cl)ccc3Cl)CC2)s1. The summed E-state index contributed by atoms with van der Waals surface area (Å²) < 4.78 is 26.9. The third kappa shape index (κ3) is 5.10. The van der Waals surface area contributed by atoms with Gasteiger partial charge in [0.15, 0.2) is 0 Å². The summed E-state index contributed by atoms with van der Waals surface area (Å²) in [4.78, 5) is 27.5. The number of aryl methyl sites for hydroxylation is 1. The van der Waals surface area contributed by atoms with E-state index in [1.54, 1.807) is 6.07 Å². The van der Waals surface area contributed by atoms with E-state index >= 15 is 0 Å². The summed E-state index contributed by atoms with van der Waals surface area (Å²) in [5.74, 6) is -0.558. The Morgan fingerprint density at radius 3 is 2.41 bits per heavy atom. The van der Waals surface area contributed by atoms with Crippen LogP contribution < -0.4 is 5.32 Å². The number of sulfonamides is 1. The lowest BCUT2D eigenvalue weighted by Crippen LogP contribution is -2.52. The first-order valence-corrected chi connectivity index (χ1v) is 11.8. The number of hydrogen-bond acceptors (Lipinski definition) is 5. The van der Waals surface area contributed by atoms with Gasteiger partial charge in [0.2, 0.25) is 15.9 Å². The minimum absolute atomic E-state index is 0.0510. The van der Waals surface area contributed by atoms with E-state index in [0.29, 0.717) is 4.88 Å². The van der Waals surface area contributed by atoms with E-state index < -0.39 is 10.0 Å². The summed E-state index contributed by atoms with van der Waals surface area (Å²) in [6.45, 7) is 2.48. The molecular weight excluding hydrogens is 457 g/mol. The van der Waals surface area contributed by atoms with E-state index in [1.165, 1.54) is 38.7 Å². The van der Waals surface area contributed by atoms with Crippen LogP contribution in [0, 0.1) is 6.92 Å². The van der Waals surface area contributed by atoms with E-state index in [4.69, 9.17) is 23.2 Å². The Labute approximate surface area is 183 Å². The van der Waals surface area contributed by atoms with Gasteiger partial charge in [0, 0.05) is 36.1 Å². The Hall–Kier alpha value is -1.65. The average molecular weight is 476 g/mol. The van der Waals surface area contributed by atoms with E-state index in [2.05, 4.69) is 5.32 Å². The third-order valence-corrected chi connectivity index (χ3v) is 8.08. The fourth-order valence-corrected chi connectivity index (χ4v) is 5.85. The summed E-state index contributed by atoms with van der Waals surface area (Å²) in [6.07, 6.45) is 0. The maximum atomic E-state index is 12.8. The number of thiophene rings is 1. The normalized spacial score (nSPS) is 15.3. The molecule has 0 radical (unpaired) electrons. The zero-order valence-corrected chi connectivity index (χ0v) is 18.7. The largest absolute Gasteiger partial charge is 0.342 e. The standard InChI is InChI=1S/C18H19Cl2N3O4S2/c1-12-2-5-15(28-12)18(25)21-11-17(24)22-6-8-23(9-7-22)29(26,27)16-10-13(19)3-4-14(16)20/h2-5,10H,6-9,11H2,1H3,(H,21,25). The second kappa shape index (κ2) is 9.01. The lowest BCUT2D eigenvalue weighted by Gasteiger charge is -2.34. The monoisotopic (exact) mass is 475 g/mol. The van der Waals surface area contributed by atoms with Crippen LogP contribution in [-0.4, -0.2) is 62.2 Å². The number of rotatable bonds is 5. The Bertz CT molecular complexity index is 1030. The van der Waals surface area contributed by atoms with Gasteiger partial charge in [0.25, 0.3) is 5.91 Å². The zero-order valence-electron chi connectivity index (χ0n) is 15.5. The lowest BCUT2D eigenvalue weighted by molar-refractivity contribution is -0.131. The molecule has 0 spiro atoms. The highest BCUT2D eigenvalue weighted by Gasteiger charge is 2.31. The number of nitrogens with zero attached hydrogens (tertiary/aromatic N) is 2. The van der Waals surface area contributed by atoms with Crippen molar-refractivity contribution in [3.8, 4) is 0 Å². The molecule has 7 nitrogen and oxygen atoms in total. The maximum absolute atomic E-state index is 12.8. The number of piperazine rings is 1. The Morgan fingerprint density at radius 1 is 1.10 bits per heavy atom. The Balaban J connectivity index is 1.56. The van der Waals surface area contributed by atoms with Gasteiger partial charge >= 0.3 is 0 Å². The smallest absolute Gasteiger partial charge is 0.261 e. The van der Waals surface area contributed by atoms with Gasteiger partial charge < -0.3 is 10.2 Å². The molecule has 1 saturated heterocycles. The molecule has 1 N–H and O–H groups in total. The van der Waals surface area contributed by atoms with Crippen molar-refractivity contribution in [2.45, 2.75) is 11.8 Å². The first kappa shape index (κ1) is 22.0. The van der Waals surface area contributed by atoms with Crippen LogP contribution in [0.2, 0.25) is 10.0 Å². The predicted octanol–water partition coefficient (Wildman–Crippen LogP) is 2.63. The van der Waals surface area contributed by atoms with Crippen molar-refractivity contribution in [1.29, 1.82) is 0 Å². The average Bonchev–Trinajstić information content (AvgIpc) is 3.14. The summed E-state index contributed by atoms with van der Waals surface area (Å²) in [7, 11) is -3.81. The van der Waals surface area contributed by atoms with Crippen molar-refractivity contribution in [3.05, 3.63) is 50.1 Å². The van der Waals surface area contributed by atoms with Crippen LogP contribution in [0.3, 0.4) is 0 Å². The van der Waals surface area contributed by atoms with Crippen molar-refractivity contribution in [1.82, 2.24) is 14.5 Å². The number of halogens is 2. The van der Waals surface area contributed by atoms with Gasteiger partial charge in [0.05, 0.1) is 16.4 Å². The second-order valence-electron chi connectivity index (χ2n) is 6.45. The first-order chi connectivity index (χ1) is 13.7. The predicted molar refractivity (Wildman–Crippen MR) is 113 cm³/mol. The van der Waals surface area contributed by atoms with Gasteiger partial charge in [0.1, 0.15) is 4.90 Å². The molecule has 29 heavy (non-hydrogen) atoms. The zero-order chi connectivity index (χ0) is 21.2. The molecule has 0 saturated carbocycles. The molecule has 0 bridgehead atoms. The molecule has 3 rings (SSSR count). The van der Waals surface area contributed by atoms with Gasteiger partial charge in [-0.25, -0.2) is 8.42 Å². The number of amides is 2.